The summed E-state index contributed by atoms with van der Waals surface area (Å²) in [6, 6.07) is 0.631. The van der Waals surface area contributed by atoms with E-state index in [0.717, 1.165) is 32.7 Å². The first-order valence-electron chi connectivity index (χ1n) is 5.02. The van der Waals surface area contributed by atoms with Crippen LogP contribution in [0.25, 0.3) is 0 Å². The summed E-state index contributed by atoms with van der Waals surface area (Å²) in [5.74, 6) is 0.182. The highest BCUT2D eigenvalue weighted by Gasteiger charge is 2.32. The molecule has 0 bridgehead atoms. The summed E-state index contributed by atoms with van der Waals surface area (Å²) >= 11 is 0. The van der Waals surface area contributed by atoms with E-state index in [0.29, 0.717) is 12.6 Å². The van der Waals surface area contributed by atoms with Crippen LogP contribution < -0.4 is 5.32 Å². The number of hydrogen-bond donors (Lipinski definition) is 1. The molecule has 1 amide bonds. The second-order valence-corrected chi connectivity index (χ2v) is 3.83. The lowest BCUT2D eigenvalue weighted by Crippen LogP contribution is -2.63. The van der Waals surface area contributed by atoms with Crippen LogP contribution in [0.3, 0.4) is 0 Å². The van der Waals surface area contributed by atoms with E-state index in [1.54, 1.807) is 0 Å². The predicted octanol–water partition coefficient (Wildman–Crippen LogP) is -0.878. The average molecular weight is 183 g/mol. The molecule has 2 heterocycles. The number of rotatable bonds is 2. The van der Waals surface area contributed by atoms with Crippen LogP contribution in [0, 0.1) is 0 Å². The van der Waals surface area contributed by atoms with Crippen LogP contribution in [0.2, 0.25) is 0 Å². The molecule has 2 rings (SSSR count). The van der Waals surface area contributed by atoms with Gasteiger partial charge in [0.15, 0.2) is 0 Å². The zero-order chi connectivity index (χ0) is 9.26. The fourth-order valence-electron chi connectivity index (χ4n) is 2.00. The maximum atomic E-state index is 11.1. The van der Waals surface area contributed by atoms with E-state index in [9.17, 15) is 4.79 Å². The highest BCUT2D eigenvalue weighted by Crippen LogP contribution is 2.14. The van der Waals surface area contributed by atoms with Gasteiger partial charge in [0.1, 0.15) is 0 Å². The third-order valence-electron chi connectivity index (χ3n) is 2.97. The number of likely N-dealkylation sites (tertiary alicyclic amines) is 1. The molecule has 0 saturated carbocycles. The third-order valence-corrected chi connectivity index (χ3v) is 2.97. The lowest BCUT2D eigenvalue weighted by Gasteiger charge is -2.46. The molecule has 0 aromatic rings. The van der Waals surface area contributed by atoms with E-state index < -0.39 is 0 Å². The van der Waals surface area contributed by atoms with Crippen molar-refractivity contribution in [3.05, 3.63) is 0 Å². The zero-order valence-corrected chi connectivity index (χ0v) is 8.12. The van der Waals surface area contributed by atoms with Crippen LogP contribution in [-0.4, -0.2) is 61.0 Å². The Balaban J connectivity index is 1.78. The van der Waals surface area contributed by atoms with Gasteiger partial charge < -0.3 is 10.2 Å². The first-order valence-corrected chi connectivity index (χ1v) is 5.02. The summed E-state index contributed by atoms with van der Waals surface area (Å²) < 4.78 is 0. The maximum Gasteiger partial charge on any atom is 0.234 e. The largest absolute Gasteiger partial charge is 0.354 e. The Labute approximate surface area is 78.9 Å². The molecule has 0 radical (unpaired) electrons. The number of piperazine rings is 1. The minimum absolute atomic E-state index is 0.182. The SMILES string of the molecule is CCN1CC(N2CCNC(=O)C2)C1. The van der Waals surface area contributed by atoms with E-state index >= 15 is 0 Å². The van der Waals surface area contributed by atoms with Gasteiger partial charge in [0.25, 0.3) is 0 Å². The van der Waals surface area contributed by atoms with E-state index in [4.69, 9.17) is 0 Å². The molecule has 0 spiro atoms. The summed E-state index contributed by atoms with van der Waals surface area (Å²) in [5, 5.41) is 2.85. The molecular weight excluding hydrogens is 166 g/mol. The Kier molecular flexibility index (Phi) is 2.51. The fourth-order valence-corrected chi connectivity index (χ4v) is 2.00. The second-order valence-electron chi connectivity index (χ2n) is 3.83. The molecule has 2 saturated heterocycles. The van der Waals surface area contributed by atoms with Crippen molar-refractivity contribution in [2.45, 2.75) is 13.0 Å². The van der Waals surface area contributed by atoms with E-state index in [1.165, 1.54) is 0 Å². The van der Waals surface area contributed by atoms with Gasteiger partial charge in [-0.05, 0) is 6.54 Å². The van der Waals surface area contributed by atoms with Crippen molar-refractivity contribution in [2.24, 2.45) is 0 Å². The minimum atomic E-state index is 0.182. The number of nitrogens with zero attached hydrogens (tertiary/aromatic N) is 2. The van der Waals surface area contributed by atoms with Crippen molar-refractivity contribution in [1.82, 2.24) is 15.1 Å². The van der Waals surface area contributed by atoms with Crippen LogP contribution >= 0.6 is 0 Å². The van der Waals surface area contributed by atoms with Crippen LogP contribution in [0.5, 0.6) is 0 Å². The molecule has 13 heavy (non-hydrogen) atoms. The Morgan fingerprint density at radius 3 is 2.92 bits per heavy atom. The van der Waals surface area contributed by atoms with Gasteiger partial charge in [-0.2, -0.15) is 0 Å². The molecule has 2 aliphatic heterocycles. The van der Waals surface area contributed by atoms with Gasteiger partial charge in [-0.3, -0.25) is 9.69 Å². The average Bonchev–Trinajstić information content (AvgIpc) is 2.02. The quantitative estimate of drug-likeness (QED) is 0.604. The first-order chi connectivity index (χ1) is 6.29. The lowest BCUT2D eigenvalue weighted by atomic mass is 10.1. The van der Waals surface area contributed by atoms with Crippen molar-refractivity contribution in [3.63, 3.8) is 0 Å². The van der Waals surface area contributed by atoms with Crippen molar-refractivity contribution in [1.29, 1.82) is 0 Å². The zero-order valence-electron chi connectivity index (χ0n) is 8.12. The molecule has 0 aromatic carbocycles. The van der Waals surface area contributed by atoms with Crippen molar-refractivity contribution in [2.75, 3.05) is 39.3 Å². The molecule has 2 fully saturated rings. The van der Waals surface area contributed by atoms with Gasteiger partial charge in [0.2, 0.25) is 5.91 Å². The molecular formula is C9H17N3O. The summed E-state index contributed by atoms with van der Waals surface area (Å²) in [6.07, 6.45) is 0. The summed E-state index contributed by atoms with van der Waals surface area (Å²) in [5.41, 5.74) is 0. The Morgan fingerprint density at radius 2 is 2.31 bits per heavy atom. The fraction of sp³-hybridized carbons (Fsp3) is 0.889. The number of hydrogen-bond acceptors (Lipinski definition) is 3. The summed E-state index contributed by atoms with van der Waals surface area (Å²) in [7, 11) is 0. The van der Waals surface area contributed by atoms with Crippen LogP contribution in [-0.2, 0) is 4.79 Å². The molecule has 4 heteroatoms. The molecule has 0 aliphatic carbocycles. The smallest absolute Gasteiger partial charge is 0.234 e. The highest BCUT2D eigenvalue weighted by atomic mass is 16.2. The molecule has 2 aliphatic rings. The monoisotopic (exact) mass is 183 g/mol. The molecule has 74 valence electrons. The summed E-state index contributed by atoms with van der Waals surface area (Å²) in [6.45, 7) is 8.04. The lowest BCUT2D eigenvalue weighted by molar-refractivity contribution is -0.126. The number of nitrogens with one attached hydrogen (secondary N) is 1. The van der Waals surface area contributed by atoms with Gasteiger partial charge >= 0.3 is 0 Å². The number of carbonyl (C=O) groups excluding carboxylic acids is 1. The Hall–Kier alpha value is -0.610. The molecule has 0 aromatic heterocycles. The van der Waals surface area contributed by atoms with Crippen molar-refractivity contribution >= 4 is 5.91 Å². The molecule has 0 unspecified atom stereocenters. The second kappa shape index (κ2) is 3.64. The third kappa shape index (κ3) is 1.84. The van der Waals surface area contributed by atoms with Crippen LogP contribution in [0.4, 0.5) is 0 Å². The highest BCUT2D eigenvalue weighted by molar-refractivity contribution is 5.78. The first kappa shape index (κ1) is 8.97. The topological polar surface area (TPSA) is 35.6 Å². The van der Waals surface area contributed by atoms with Gasteiger partial charge in [-0.15, -0.1) is 0 Å². The maximum absolute atomic E-state index is 11.1. The molecule has 1 N–H and O–H groups in total. The van der Waals surface area contributed by atoms with Gasteiger partial charge in [-0.25, -0.2) is 0 Å². The standard InChI is InChI=1S/C9H17N3O/c1-2-11-5-8(6-11)12-4-3-10-9(13)7-12/h8H,2-7H2,1H3,(H,10,13). The normalized spacial score (nSPS) is 27.0. The predicted molar refractivity (Wildman–Crippen MR) is 50.5 cm³/mol. The summed E-state index contributed by atoms with van der Waals surface area (Å²) in [4.78, 5) is 15.8. The number of likely N-dealkylation sites (N-methyl/N-ethyl adjacent to an activating group) is 1. The molecule has 4 nitrogen and oxygen atoms in total. The van der Waals surface area contributed by atoms with Crippen LogP contribution in [0.15, 0.2) is 0 Å². The van der Waals surface area contributed by atoms with Gasteiger partial charge in [0, 0.05) is 32.2 Å². The van der Waals surface area contributed by atoms with E-state index in [1.807, 2.05) is 0 Å². The molecule has 0 atom stereocenters. The Morgan fingerprint density at radius 1 is 1.54 bits per heavy atom. The van der Waals surface area contributed by atoms with Crippen molar-refractivity contribution in [3.8, 4) is 0 Å². The van der Waals surface area contributed by atoms with Crippen LogP contribution in [0.1, 0.15) is 6.92 Å². The van der Waals surface area contributed by atoms with Crippen molar-refractivity contribution < 1.29 is 4.79 Å². The van der Waals surface area contributed by atoms with E-state index in [-0.39, 0.29) is 5.91 Å². The van der Waals surface area contributed by atoms with Gasteiger partial charge in [-0.1, -0.05) is 6.92 Å². The van der Waals surface area contributed by atoms with E-state index in [2.05, 4.69) is 22.0 Å². The minimum Gasteiger partial charge on any atom is -0.354 e. The number of amides is 1. The Bertz CT molecular complexity index is 201. The van der Waals surface area contributed by atoms with Gasteiger partial charge in [0.05, 0.1) is 6.54 Å². The number of carbonyl (C=O) groups is 1.